The van der Waals surface area contributed by atoms with Crippen LogP contribution in [-0.4, -0.2) is 12.5 Å². The third-order valence-corrected chi connectivity index (χ3v) is 3.11. The summed E-state index contributed by atoms with van der Waals surface area (Å²) in [5, 5.41) is 14.9. The monoisotopic (exact) mass is 285 g/mol. The Kier molecular flexibility index (Phi) is 6.48. The SMILES string of the molecule is Cc1ccc(NC(=O)/C(C#N)=C\NCCC(C)C)c(C)c1. The Labute approximate surface area is 126 Å². The molecular weight excluding hydrogens is 262 g/mol. The zero-order valence-electron chi connectivity index (χ0n) is 13.2. The molecule has 0 aliphatic heterocycles. The summed E-state index contributed by atoms with van der Waals surface area (Å²) in [6, 6.07) is 7.70. The summed E-state index contributed by atoms with van der Waals surface area (Å²) in [4.78, 5) is 12.1. The number of rotatable bonds is 6. The van der Waals surface area contributed by atoms with Gasteiger partial charge in [-0.15, -0.1) is 0 Å². The molecule has 4 nitrogen and oxygen atoms in total. The van der Waals surface area contributed by atoms with Gasteiger partial charge >= 0.3 is 0 Å². The molecule has 0 fully saturated rings. The highest BCUT2D eigenvalue weighted by Crippen LogP contribution is 2.16. The minimum absolute atomic E-state index is 0.0822. The Morgan fingerprint density at radius 1 is 1.38 bits per heavy atom. The number of carbonyl (C=O) groups excluding carboxylic acids is 1. The van der Waals surface area contributed by atoms with E-state index in [9.17, 15) is 4.79 Å². The van der Waals surface area contributed by atoms with Gasteiger partial charge in [-0.25, -0.2) is 0 Å². The van der Waals surface area contributed by atoms with Crippen molar-refractivity contribution in [1.29, 1.82) is 5.26 Å². The number of anilines is 1. The highest BCUT2D eigenvalue weighted by molar-refractivity contribution is 6.06. The molecule has 1 aromatic carbocycles. The van der Waals surface area contributed by atoms with E-state index in [2.05, 4.69) is 24.5 Å². The molecule has 0 saturated heterocycles. The first kappa shape index (κ1) is 16.8. The number of amides is 1. The molecule has 0 heterocycles. The fourth-order valence-corrected chi connectivity index (χ4v) is 1.84. The number of aryl methyl sites for hydroxylation is 2. The van der Waals surface area contributed by atoms with Crippen molar-refractivity contribution in [3.8, 4) is 6.07 Å². The van der Waals surface area contributed by atoms with Gasteiger partial charge in [-0.1, -0.05) is 31.5 Å². The van der Waals surface area contributed by atoms with E-state index in [4.69, 9.17) is 5.26 Å². The van der Waals surface area contributed by atoms with Crippen molar-refractivity contribution in [1.82, 2.24) is 5.32 Å². The van der Waals surface area contributed by atoms with Crippen molar-refractivity contribution in [3.63, 3.8) is 0 Å². The van der Waals surface area contributed by atoms with Crippen LogP contribution in [0.4, 0.5) is 5.69 Å². The predicted molar refractivity (Wildman–Crippen MR) is 85.7 cm³/mol. The van der Waals surface area contributed by atoms with E-state index in [1.54, 1.807) is 0 Å². The Balaban J connectivity index is 2.67. The molecule has 0 spiro atoms. The van der Waals surface area contributed by atoms with Crippen LogP contribution in [0.15, 0.2) is 30.0 Å². The van der Waals surface area contributed by atoms with E-state index < -0.39 is 0 Å². The fraction of sp³-hybridized carbons (Fsp3) is 0.412. The molecule has 112 valence electrons. The Hall–Kier alpha value is -2.28. The van der Waals surface area contributed by atoms with Crippen molar-refractivity contribution >= 4 is 11.6 Å². The third kappa shape index (κ3) is 5.70. The lowest BCUT2D eigenvalue weighted by Crippen LogP contribution is -2.18. The average Bonchev–Trinajstić information content (AvgIpc) is 2.41. The molecule has 0 aliphatic carbocycles. The Morgan fingerprint density at radius 3 is 2.67 bits per heavy atom. The number of carbonyl (C=O) groups is 1. The highest BCUT2D eigenvalue weighted by Gasteiger charge is 2.10. The molecule has 0 atom stereocenters. The van der Waals surface area contributed by atoms with Crippen LogP contribution in [0.5, 0.6) is 0 Å². The number of nitrogens with zero attached hydrogens (tertiary/aromatic N) is 1. The van der Waals surface area contributed by atoms with Gasteiger partial charge in [-0.3, -0.25) is 4.79 Å². The quantitative estimate of drug-likeness (QED) is 0.479. The topological polar surface area (TPSA) is 64.9 Å². The van der Waals surface area contributed by atoms with Gasteiger partial charge in [-0.2, -0.15) is 5.26 Å². The number of benzene rings is 1. The van der Waals surface area contributed by atoms with Gasteiger partial charge in [0.05, 0.1) is 0 Å². The van der Waals surface area contributed by atoms with Gasteiger partial charge in [0.2, 0.25) is 0 Å². The Bertz CT molecular complexity index is 568. The molecule has 1 rings (SSSR count). The van der Waals surface area contributed by atoms with Crippen LogP contribution < -0.4 is 10.6 Å². The second-order valence-electron chi connectivity index (χ2n) is 5.58. The van der Waals surface area contributed by atoms with E-state index in [0.717, 1.165) is 29.8 Å². The lowest BCUT2D eigenvalue weighted by molar-refractivity contribution is -0.112. The molecule has 2 N–H and O–H groups in total. The van der Waals surface area contributed by atoms with E-state index in [1.807, 2.05) is 38.1 Å². The van der Waals surface area contributed by atoms with Crippen molar-refractivity contribution in [3.05, 3.63) is 41.1 Å². The minimum atomic E-state index is -0.387. The summed E-state index contributed by atoms with van der Waals surface area (Å²) in [5.74, 6) is 0.196. The average molecular weight is 285 g/mol. The maximum atomic E-state index is 12.1. The summed E-state index contributed by atoms with van der Waals surface area (Å²) in [6.45, 7) is 8.93. The van der Waals surface area contributed by atoms with Gasteiger partial charge in [0, 0.05) is 18.4 Å². The van der Waals surface area contributed by atoms with Gasteiger partial charge in [-0.05, 0) is 37.8 Å². The molecule has 1 aromatic rings. The molecule has 0 bridgehead atoms. The summed E-state index contributed by atoms with van der Waals surface area (Å²) in [5.41, 5.74) is 2.93. The molecular formula is C17H23N3O. The highest BCUT2D eigenvalue weighted by atomic mass is 16.1. The van der Waals surface area contributed by atoms with Gasteiger partial charge in [0.1, 0.15) is 11.6 Å². The van der Waals surface area contributed by atoms with Crippen molar-refractivity contribution < 1.29 is 4.79 Å². The van der Waals surface area contributed by atoms with Crippen LogP contribution in [0, 0.1) is 31.1 Å². The number of hydrogen-bond acceptors (Lipinski definition) is 3. The molecule has 4 heteroatoms. The molecule has 0 unspecified atom stereocenters. The Morgan fingerprint density at radius 2 is 2.10 bits per heavy atom. The van der Waals surface area contributed by atoms with Crippen LogP contribution >= 0.6 is 0 Å². The van der Waals surface area contributed by atoms with E-state index >= 15 is 0 Å². The molecule has 0 saturated carbocycles. The third-order valence-electron chi connectivity index (χ3n) is 3.11. The maximum absolute atomic E-state index is 12.1. The second-order valence-corrected chi connectivity index (χ2v) is 5.58. The molecule has 21 heavy (non-hydrogen) atoms. The number of nitriles is 1. The lowest BCUT2D eigenvalue weighted by Gasteiger charge is -2.09. The molecule has 0 aliphatic rings. The molecule has 1 amide bonds. The normalized spacial score (nSPS) is 11.1. The largest absolute Gasteiger partial charge is 0.390 e. The summed E-state index contributed by atoms with van der Waals surface area (Å²) < 4.78 is 0. The fourth-order valence-electron chi connectivity index (χ4n) is 1.84. The minimum Gasteiger partial charge on any atom is -0.390 e. The summed E-state index contributed by atoms with van der Waals surface area (Å²) in [7, 11) is 0. The predicted octanol–water partition coefficient (Wildman–Crippen LogP) is 3.29. The van der Waals surface area contributed by atoms with E-state index in [0.29, 0.717) is 5.92 Å². The lowest BCUT2D eigenvalue weighted by atomic mass is 10.1. The van der Waals surface area contributed by atoms with Gasteiger partial charge in [0.15, 0.2) is 0 Å². The van der Waals surface area contributed by atoms with Crippen molar-refractivity contribution in [2.24, 2.45) is 5.92 Å². The zero-order chi connectivity index (χ0) is 15.8. The first-order valence-corrected chi connectivity index (χ1v) is 7.16. The van der Waals surface area contributed by atoms with Crippen LogP contribution in [0.25, 0.3) is 0 Å². The van der Waals surface area contributed by atoms with Crippen LogP contribution in [0.2, 0.25) is 0 Å². The van der Waals surface area contributed by atoms with Crippen LogP contribution in [0.3, 0.4) is 0 Å². The summed E-state index contributed by atoms with van der Waals surface area (Å²) in [6.07, 6.45) is 2.48. The second kappa shape index (κ2) is 8.11. The first-order valence-electron chi connectivity index (χ1n) is 7.16. The van der Waals surface area contributed by atoms with Gasteiger partial charge < -0.3 is 10.6 Å². The van der Waals surface area contributed by atoms with Crippen LogP contribution in [0.1, 0.15) is 31.4 Å². The number of hydrogen-bond donors (Lipinski definition) is 2. The van der Waals surface area contributed by atoms with Crippen molar-refractivity contribution in [2.75, 3.05) is 11.9 Å². The van der Waals surface area contributed by atoms with Crippen LogP contribution in [-0.2, 0) is 4.79 Å². The standard InChI is InChI=1S/C17H23N3O/c1-12(2)7-8-19-11-15(10-18)17(21)20-16-6-5-13(3)9-14(16)4/h5-6,9,11-12,19H,7-8H2,1-4H3,(H,20,21)/b15-11-. The molecule has 0 aromatic heterocycles. The summed E-state index contributed by atoms with van der Waals surface area (Å²) >= 11 is 0. The van der Waals surface area contributed by atoms with E-state index in [1.165, 1.54) is 6.20 Å². The number of nitrogens with one attached hydrogen (secondary N) is 2. The van der Waals surface area contributed by atoms with Crippen molar-refractivity contribution in [2.45, 2.75) is 34.1 Å². The van der Waals surface area contributed by atoms with E-state index in [-0.39, 0.29) is 11.5 Å². The zero-order valence-corrected chi connectivity index (χ0v) is 13.2. The first-order chi connectivity index (χ1) is 9.93. The smallest absolute Gasteiger partial charge is 0.267 e. The molecule has 0 radical (unpaired) electrons. The maximum Gasteiger partial charge on any atom is 0.267 e. The van der Waals surface area contributed by atoms with Gasteiger partial charge in [0.25, 0.3) is 5.91 Å².